The van der Waals surface area contributed by atoms with Crippen LogP contribution in [0.25, 0.3) is 0 Å². The Hall–Kier alpha value is -0.900. The van der Waals surface area contributed by atoms with Crippen molar-refractivity contribution in [1.82, 2.24) is 10.2 Å². The van der Waals surface area contributed by atoms with E-state index in [0.717, 1.165) is 24.9 Å². The Morgan fingerprint density at radius 1 is 1.12 bits per heavy atom. The van der Waals surface area contributed by atoms with Gasteiger partial charge >= 0.3 is 0 Å². The number of benzene rings is 1. The minimum absolute atomic E-state index is 0.132. The maximum absolute atomic E-state index is 10.9. The number of aryl methyl sites for hydroxylation is 1. The number of nitrogens with zero attached hydrogens (tertiary/aromatic N) is 1. The van der Waals surface area contributed by atoms with Crippen molar-refractivity contribution in [2.45, 2.75) is 65.0 Å². The van der Waals surface area contributed by atoms with Gasteiger partial charge in [0.05, 0.1) is 6.10 Å². The Balaban J connectivity index is 1.84. The average Bonchev–Trinajstić information content (AvgIpc) is 2.58. The standard InChI is InChI=1S/C21H36N2O/c1-17(2)16-20(21(24)19-11-6-5-10-18(19)3)22-12-9-15-23-13-7-4-8-14-23/h5-6,10-11,17,20-22,24H,4,7-9,12-16H2,1-3H3. The van der Waals surface area contributed by atoms with Crippen LogP contribution in [0.5, 0.6) is 0 Å². The Labute approximate surface area is 148 Å². The second-order valence-corrected chi connectivity index (χ2v) is 7.75. The van der Waals surface area contributed by atoms with Gasteiger partial charge in [-0.2, -0.15) is 0 Å². The molecular weight excluding hydrogens is 296 g/mol. The number of hydrogen-bond acceptors (Lipinski definition) is 3. The van der Waals surface area contributed by atoms with Crippen LogP contribution in [0.4, 0.5) is 0 Å². The third-order valence-corrected chi connectivity index (χ3v) is 5.12. The van der Waals surface area contributed by atoms with Gasteiger partial charge in [0.1, 0.15) is 0 Å². The van der Waals surface area contributed by atoms with Gasteiger partial charge in [0.15, 0.2) is 0 Å². The molecule has 0 aromatic heterocycles. The van der Waals surface area contributed by atoms with E-state index in [0.29, 0.717) is 5.92 Å². The molecule has 1 heterocycles. The van der Waals surface area contributed by atoms with Crippen molar-refractivity contribution >= 4 is 0 Å². The first-order valence-corrected chi connectivity index (χ1v) is 9.77. The van der Waals surface area contributed by atoms with Gasteiger partial charge in [0.25, 0.3) is 0 Å². The van der Waals surface area contributed by atoms with Gasteiger partial charge in [-0.05, 0) is 75.8 Å². The van der Waals surface area contributed by atoms with Crippen LogP contribution >= 0.6 is 0 Å². The molecule has 1 aliphatic heterocycles. The quantitative estimate of drug-likeness (QED) is 0.673. The Morgan fingerprint density at radius 2 is 1.83 bits per heavy atom. The lowest BCUT2D eigenvalue weighted by Crippen LogP contribution is -2.39. The van der Waals surface area contributed by atoms with Crippen molar-refractivity contribution < 1.29 is 5.11 Å². The lowest BCUT2D eigenvalue weighted by Gasteiger charge is -2.29. The Kier molecular flexibility index (Phi) is 8.23. The van der Waals surface area contributed by atoms with Gasteiger partial charge in [0, 0.05) is 6.04 Å². The topological polar surface area (TPSA) is 35.5 Å². The zero-order valence-electron chi connectivity index (χ0n) is 15.8. The van der Waals surface area contributed by atoms with E-state index in [9.17, 15) is 5.11 Å². The van der Waals surface area contributed by atoms with Crippen molar-refractivity contribution in [3.8, 4) is 0 Å². The molecule has 2 N–H and O–H groups in total. The summed E-state index contributed by atoms with van der Waals surface area (Å²) < 4.78 is 0. The molecule has 2 rings (SSSR count). The fraction of sp³-hybridized carbons (Fsp3) is 0.714. The SMILES string of the molecule is Cc1ccccc1C(O)C(CC(C)C)NCCCN1CCCCC1. The van der Waals surface area contributed by atoms with Gasteiger partial charge in [-0.15, -0.1) is 0 Å². The van der Waals surface area contributed by atoms with Crippen LogP contribution in [-0.2, 0) is 0 Å². The second kappa shape index (κ2) is 10.2. The molecule has 3 nitrogen and oxygen atoms in total. The molecule has 1 aromatic carbocycles. The van der Waals surface area contributed by atoms with Crippen molar-refractivity contribution in [3.05, 3.63) is 35.4 Å². The van der Waals surface area contributed by atoms with Gasteiger partial charge < -0.3 is 15.3 Å². The van der Waals surface area contributed by atoms with Crippen LogP contribution in [0.1, 0.15) is 63.2 Å². The third kappa shape index (κ3) is 6.19. The van der Waals surface area contributed by atoms with Crippen LogP contribution in [0.15, 0.2) is 24.3 Å². The van der Waals surface area contributed by atoms with E-state index < -0.39 is 6.10 Å². The maximum Gasteiger partial charge on any atom is 0.0945 e. The van der Waals surface area contributed by atoms with Crippen LogP contribution in [0.2, 0.25) is 0 Å². The lowest BCUT2D eigenvalue weighted by atomic mass is 9.92. The zero-order chi connectivity index (χ0) is 17.4. The summed E-state index contributed by atoms with van der Waals surface area (Å²) in [7, 11) is 0. The van der Waals surface area contributed by atoms with Crippen molar-refractivity contribution in [2.75, 3.05) is 26.2 Å². The number of hydrogen-bond donors (Lipinski definition) is 2. The smallest absolute Gasteiger partial charge is 0.0945 e. The predicted molar refractivity (Wildman–Crippen MR) is 102 cm³/mol. The fourth-order valence-electron chi connectivity index (χ4n) is 3.74. The van der Waals surface area contributed by atoms with E-state index >= 15 is 0 Å². The van der Waals surface area contributed by atoms with Crippen molar-refractivity contribution in [3.63, 3.8) is 0 Å². The summed E-state index contributed by atoms with van der Waals surface area (Å²) in [4.78, 5) is 2.58. The monoisotopic (exact) mass is 332 g/mol. The maximum atomic E-state index is 10.9. The number of piperidine rings is 1. The molecule has 1 aliphatic rings. The largest absolute Gasteiger partial charge is 0.387 e. The number of rotatable bonds is 9. The summed E-state index contributed by atoms with van der Waals surface area (Å²) in [6.07, 6.45) is 5.84. The number of nitrogens with one attached hydrogen (secondary N) is 1. The molecule has 0 bridgehead atoms. The molecule has 0 spiro atoms. The summed E-state index contributed by atoms with van der Waals surface area (Å²) in [6, 6.07) is 8.33. The zero-order valence-corrected chi connectivity index (χ0v) is 15.8. The fourth-order valence-corrected chi connectivity index (χ4v) is 3.74. The normalized spacial score (nSPS) is 18.7. The van der Waals surface area contributed by atoms with Gasteiger partial charge in [-0.3, -0.25) is 0 Å². The van der Waals surface area contributed by atoms with Gasteiger partial charge in [0.2, 0.25) is 0 Å². The van der Waals surface area contributed by atoms with E-state index in [4.69, 9.17) is 0 Å². The minimum Gasteiger partial charge on any atom is -0.387 e. The van der Waals surface area contributed by atoms with Crippen molar-refractivity contribution in [2.24, 2.45) is 5.92 Å². The molecule has 0 amide bonds. The van der Waals surface area contributed by atoms with E-state index in [-0.39, 0.29) is 6.04 Å². The number of aliphatic hydroxyl groups excluding tert-OH is 1. The van der Waals surface area contributed by atoms with Crippen LogP contribution in [0.3, 0.4) is 0 Å². The first-order chi connectivity index (χ1) is 11.6. The summed E-state index contributed by atoms with van der Waals surface area (Å²) >= 11 is 0. The van der Waals surface area contributed by atoms with E-state index in [1.54, 1.807) is 0 Å². The highest BCUT2D eigenvalue weighted by Crippen LogP contribution is 2.24. The Morgan fingerprint density at radius 3 is 2.50 bits per heavy atom. The highest BCUT2D eigenvalue weighted by atomic mass is 16.3. The molecule has 0 radical (unpaired) electrons. The molecule has 2 unspecified atom stereocenters. The lowest BCUT2D eigenvalue weighted by molar-refractivity contribution is 0.115. The molecule has 1 saturated heterocycles. The first-order valence-electron chi connectivity index (χ1n) is 9.77. The molecule has 136 valence electrons. The Bertz CT molecular complexity index is 469. The molecule has 1 fully saturated rings. The highest BCUT2D eigenvalue weighted by molar-refractivity contribution is 5.28. The molecule has 0 aliphatic carbocycles. The minimum atomic E-state index is -0.427. The van der Waals surface area contributed by atoms with E-state index in [1.807, 2.05) is 12.1 Å². The molecule has 0 saturated carbocycles. The molecule has 3 heteroatoms. The molecule has 24 heavy (non-hydrogen) atoms. The van der Waals surface area contributed by atoms with Crippen molar-refractivity contribution in [1.29, 1.82) is 0 Å². The third-order valence-electron chi connectivity index (χ3n) is 5.12. The highest BCUT2D eigenvalue weighted by Gasteiger charge is 2.22. The molecular formula is C21H36N2O. The van der Waals surface area contributed by atoms with Crippen LogP contribution in [-0.4, -0.2) is 42.2 Å². The van der Waals surface area contributed by atoms with E-state index in [1.165, 1.54) is 44.5 Å². The number of aliphatic hydroxyl groups is 1. The van der Waals surface area contributed by atoms with E-state index in [2.05, 4.69) is 43.1 Å². The second-order valence-electron chi connectivity index (χ2n) is 7.75. The predicted octanol–water partition coefficient (Wildman–Crippen LogP) is 3.91. The van der Waals surface area contributed by atoms with Gasteiger partial charge in [-0.1, -0.05) is 44.5 Å². The van der Waals surface area contributed by atoms with Crippen LogP contribution in [0, 0.1) is 12.8 Å². The van der Waals surface area contributed by atoms with Crippen LogP contribution < -0.4 is 5.32 Å². The molecule has 1 aromatic rings. The average molecular weight is 333 g/mol. The molecule has 2 atom stereocenters. The summed E-state index contributed by atoms with van der Waals surface area (Å²) in [6.45, 7) is 11.2. The first kappa shape index (κ1) is 19.4. The summed E-state index contributed by atoms with van der Waals surface area (Å²) in [5, 5.41) is 14.5. The summed E-state index contributed by atoms with van der Waals surface area (Å²) in [5.74, 6) is 0.572. The summed E-state index contributed by atoms with van der Waals surface area (Å²) in [5.41, 5.74) is 2.24. The number of likely N-dealkylation sites (tertiary alicyclic amines) is 1. The van der Waals surface area contributed by atoms with Gasteiger partial charge in [-0.25, -0.2) is 0 Å².